The highest BCUT2D eigenvalue weighted by atomic mass is 19.1. The third-order valence-electron chi connectivity index (χ3n) is 3.26. The van der Waals surface area contributed by atoms with Crippen LogP contribution in [-0.2, 0) is 0 Å². The maximum Gasteiger partial charge on any atom is 0.146 e. The predicted molar refractivity (Wildman–Crippen MR) is 80.8 cm³/mol. The number of nitrogens with zero attached hydrogens (tertiary/aromatic N) is 1. The summed E-state index contributed by atoms with van der Waals surface area (Å²) in [4.78, 5) is 4.34. The van der Waals surface area contributed by atoms with Crippen LogP contribution in [0.2, 0.25) is 0 Å². The van der Waals surface area contributed by atoms with Gasteiger partial charge in [-0.3, -0.25) is 4.98 Å². The number of fused-ring (bicyclic) bond motifs is 1. The average Bonchev–Trinajstić information content (AvgIpc) is 2.49. The summed E-state index contributed by atoms with van der Waals surface area (Å²) in [6, 6.07) is 13.7. The van der Waals surface area contributed by atoms with Crippen molar-refractivity contribution in [2.24, 2.45) is 5.73 Å². The van der Waals surface area contributed by atoms with Crippen LogP contribution in [0.3, 0.4) is 0 Å². The zero-order valence-corrected chi connectivity index (χ0v) is 11.6. The van der Waals surface area contributed by atoms with Gasteiger partial charge in [0.1, 0.15) is 17.3 Å². The Bertz CT molecular complexity index is 787. The number of hydrogen-bond donors (Lipinski definition) is 1. The van der Waals surface area contributed by atoms with Gasteiger partial charge in [-0.2, -0.15) is 0 Å². The van der Waals surface area contributed by atoms with E-state index in [-0.39, 0.29) is 11.9 Å². The van der Waals surface area contributed by atoms with Crippen LogP contribution >= 0.6 is 0 Å². The quantitative estimate of drug-likeness (QED) is 0.783. The molecule has 0 spiro atoms. The monoisotopic (exact) mass is 282 g/mol. The Balaban J connectivity index is 1.98. The van der Waals surface area contributed by atoms with Gasteiger partial charge in [0.15, 0.2) is 0 Å². The van der Waals surface area contributed by atoms with Gasteiger partial charge in [0.2, 0.25) is 0 Å². The van der Waals surface area contributed by atoms with E-state index in [0.717, 1.165) is 10.9 Å². The molecule has 0 amide bonds. The smallest absolute Gasteiger partial charge is 0.146 e. The SMILES string of the molecule is C[C@H](N)c1cc(F)ccc1Oc1cnc2ccccc2c1. The Morgan fingerprint density at radius 2 is 1.95 bits per heavy atom. The number of ether oxygens (including phenoxy) is 1. The van der Waals surface area contributed by atoms with Crippen LogP contribution in [-0.4, -0.2) is 4.98 Å². The maximum atomic E-state index is 13.3. The summed E-state index contributed by atoms with van der Waals surface area (Å²) in [7, 11) is 0. The Hall–Kier alpha value is -2.46. The van der Waals surface area contributed by atoms with Crippen molar-refractivity contribution >= 4 is 10.9 Å². The molecule has 0 bridgehead atoms. The molecule has 3 nitrogen and oxygen atoms in total. The van der Waals surface area contributed by atoms with Gasteiger partial charge in [0.25, 0.3) is 0 Å². The molecule has 0 fully saturated rings. The van der Waals surface area contributed by atoms with Gasteiger partial charge < -0.3 is 10.5 Å². The lowest BCUT2D eigenvalue weighted by Gasteiger charge is -2.14. The van der Waals surface area contributed by atoms with Gasteiger partial charge >= 0.3 is 0 Å². The molecule has 0 saturated carbocycles. The zero-order chi connectivity index (χ0) is 14.8. The van der Waals surface area contributed by atoms with E-state index in [4.69, 9.17) is 10.5 Å². The topological polar surface area (TPSA) is 48.1 Å². The summed E-state index contributed by atoms with van der Waals surface area (Å²) >= 11 is 0. The minimum atomic E-state index is -0.328. The number of nitrogens with two attached hydrogens (primary N) is 1. The number of pyridine rings is 1. The second kappa shape index (κ2) is 5.50. The molecule has 1 aromatic heterocycles. The van der Waals surface area contributed by atoms with Crippen LogP contribution in [0.1, 0.15) is 18.5 Å². The van der Waals surface area contributed by atoms with E-state index in [0.29, 0.717) is 17.1 Å². The van der Waals surface area contributed by atoms with E-state index < -0.39 is 0 Å². The Morgan fingerprint density at radius 1 is 1.14 bits per heavy atom. The first-order valence-corrected chi connectivity index (χ1v) is 6.71. The standard InChI is InChI=1S/C17H15FN2O/c1-11(19)15-9-13(18)6-7-17(15)21-14-8-12-4-2-3-5-16(12)20-10-14/h2-11H,19H2,1H3/t11-/m0/s1. The molecule has 4 heteroatoms. The van der Waals surface area contributed by atoms with E-state index in [2.05, 4.69) is 4.98 Å². The van der Waals surface area contributed by atoms with Crippen molar-refractivity contribution < 1.29 is 9.13 Å². The number of hydrogen-bond acceptors (Lipinski definition) is 3. The normalized spacial score (nSPS) is 12.3. The highest BCUT2D eigenvalue weighted by Crippen LogP contribution is 2.30. The van der Waals surface area contributed by atoms with Crippen molar-refractivity contribution in [3.63, 3.8) is 0 Å². The van der Waals surface area contributed by atoms with Crippen LogP contribution in [0.5, 0.6) is 11.5 Å². The van der Waals surface area contributed by atoms with Crippen LogP contribution < -0.4 is 10.5 Å². The van der Waals surface area contributed by atoms with Crippen molar-refractivity contribution in [3.05, 3.63) is 66.1 Å². The molecule has 0 aliphatic heterocycles. The van der Waals surface area contributed by atoms with Crippen molar-refractivity contribution in [3.8, 4) is 11.5 Å². The predicted octanol–water partition coefficient (Wildman–Crippen LogP) is 4.19. The summed E-state index contributed by atoms with van der Waals surface area (Å²) in [6.07, 6.45) is 1.65. The fraction of sp³-hybridized carbons (Fsp3) is 0.118. The molecule has 3 rings (SSSR count). The van der Waals surface area contributed by atoms with E-state index in [9.17, 15) is 4.39 Å². The molecule has 2 N–H and O–H groups in total. The molecule has 0 aliphatic carbocycles. The fourth-order valence-electron chi connectivity index (χ4n) is 2.20. The second-order valence-electron chi connectivity index (χ2n) is 4.94. The van der Waals surface area contributed by atoms with Gasteiger partial charge in [-0.15, -0.1) is 0 Å². The first-order valence-electron chi connectivity index (χ1n) is 6.71. The van der Waals surface area contributed by atoms with Gasteiger partial charge in [-0.25, -0.2) is 4.39 Å². The van der Waals surface area contributed by atoms with Crippen molar-refractivity contribution in [1.82, 2.24) is 4.98 Å². The lowest BCUT2D eigenvalue weighted by Crippen LogP contribution is -2.07. The highest BCUT2D eigenvalue weighted by Gasteiger charge is 2.11. The number of halogens is 1. The van der Waals surface area contributed by atoms with E-state index in [1.165, 1.54) is 12.1 Å². The molecule has 1 heterocycles. The van der Waals surface area contributed by atoms with Crippen molar-refractivity contribution in [2.45, 2.75) is 13.0 Å². The third kappa shape index (κ3) is 2.85. The van der Waals surface area contributed by atoms with Gasteiger partial charge in [-0.1, -0.05) is 18.2 Å². The molecular formula is C17H15FN2O. The molecule has 0 unspecified atom stereocenters. The van der Waals surface area contributed by atoms with E-state index >= 15 is 0 Å². The second-order valence-corrected chi connectivity index (χ2v) is 4.94. The minimum Gasteiger partial charge on any atom is -0.455 e. The lowest BCUT2D eigenvalue weighted by atomic mass is 10.1. The molecule has 0 radical (unpaired) electrons. The first-order chi connectivity index (χ1) is 10.1. The number of para-hydroxylation sites is 1. The summed E-state index contributed by atoms with van der Waals surface area (Å²) in [5, 5.41) is 0.986. The van der Waals surface area contributed by atoms with Crippen LogP contribution in [0, 0.1) is 5.82 Å². The molecule has 106 valence electrons. The largest absolute Gasteiger partial charge is 0.455 e. The van der Waals surface area contributed by atoms with Crippen LogP contribution in [0.15, 0.2) is 54.7 Å². The average molecular weight is 282 g/mol. The molecule has 1 atom stereocenters. The summed E-state index contributed by atoms with van der Waals surface area (Å²) < 4.78 is 19.2. The summed E-state index contributed by atoms with van der Waals surface area (Å²) in [5.74, 6) is 0.817. The van der Waals surface area contributed by atoms with E-state index in [1.54, 1.807) is 19.2 Å². The number of aromatic nitrogens is 1. The van der Waals surface area contributed by atoms with Crippen molar-refractivity contribution in [2.75, 3.05) is 0 Å². The maximum absolute atomic E-state index is 13.3. The molecule has 3 aromatic rings. The first kappa shape index (κ1) is 13.5. The minimum absolute atomic E-state index is 0.316. The fourth-order valence-corrected chi connectivity index (χ4v) is 2.20. The lowest BCUT2D eigenvalue weighted by molar-refractivity contribution is 0.468. The van der Waals surface area contributed by atoms with Gasteiger partial charge in [-0.05, 0) is 37.3 Å². The molecule has 2 aromatic carbocycles. The highest BCUT2D eigenvalue weighted by molar-refractivity contribution is 5.79. The molecular weight excluding hydrogens is 267 g/mol. The number of rotatable bonds is 3. The Kier molecular flexibility index (Phi) is 3.54. The van der Waals surface area contributed by atoms with Gasteiger partial charge in [0.05, 0.1) is 11.7 Å². The Morgan fingerprint density at radius 3 is 2.76 bits per heavy atom. The van der Waals surface area contributed by atoms with E-state index in [1.807, 2.05) is 30.3 Å². The van der Waals surface area contributed by atoms with Crippen molar-refractivity contribution in [1.29, 1.82) is 0 Å². The number of benzene rings is 2. The molecule has 0 aliphatic rings. The molecule has 0 saturated heterocycles. The Labute approximate surface area is 122 Å². The molecule has 21 heavy (non-hydrogen) atoms. The third-order valence-corrected chi connectivity index (χ3v) is 3.26. The summed E-state index contributed by atoms with van der Waals surface area (Å²) in [5.41, 5.74) is 7.39. The summed E-state index contributed by atoms with van der Waals surface area (Å²) in [6.45, 7) is 1.79. The van der Waals surface area contributed by atoms with Crippen LogP contribution in [0.25, 0.3) is 10.9 Å². The van der Waals surface area contributed by atoms with Gasteiger partial charge in [0, 0.05) is 17.0 Å². The zero-order valence-electron chi connectivity index (χ0n) is 11.6. The van der Waals surface area contributed by atoms with Crippen LogP contribution in [0.4, 0.5) is 4.39 Å².